The summed E-state index contributed by atoms with van der Waals surface area (Å²) >= 11 is 6.19. The standard InChI is InChI=1S/C35H40ClFN4O4/c1-34(2)14-13-22(26(17-34)21-5-7-23(36)8-6-21)18-40-16-15-39(20-35(40,3)4)32(44)25-10-9-24-27(30(25)37)19-41(33(24)45)28-11-12-29(42)38-31(28)43/h5-10,28H,11-20H2,1-4H3,(H,38,42,43). The molecule has 2 fully saturated rings. The van der Waals surface area contributed by atoms with Gasteiger partial charge in [-0.15, -0.1) is 0 Å². The van der Waals surface area contributed by atoms with E-state index in [4.69, 9.17) is 11.6 Å². The molecule has 1 unspecified atom stereocenters. The number of fused-ring (bicyclic) bond motifs is 1. The topological polar surface area (TPSA) is 90.0 Å². The number of piperazine rings is 1. The maximum atomic E-state index is 15.9. The Balaban J connectivity index is 1.18. The number of halogens is 2. The highest BCUT2D eigenvalue weighted by molar-refractivity contribution is 6.30. The molecule has 4 amide bonds. The first-order valence-electron chi connectivity index (χ1n) is 15.7. The number of nitrogens with zero attached hydrogens (tertiary/aromatic N) is 3. The summed E-state index contributed by atoms with van der Waals surface area (Å²) in [5.41, 5.74) is 4.05. The fourth-order valence-corrected chi connectivity index (χ4v) is 7.42. The molecule has 0 bridgehead atoms. The van der Waals surface area contributed by atoms with E-state index in [-0.39, 0.29) is 52.9 Å². The molecular weight excluding hydrogens is 595 g/mol. The summed E-state index contributed by atoms with van der Waals surface area (Å²) in [5, 5.41) is 2.97. The summed E-state index contributed by atoms with van der Waals surface area (Å²) in [6.45, 7) is 11.1. The van der Waals surface area contributed by atoms with Gasteiger partial charge < -0.3 is 9.80 Å². The van der Waals surface area contributed by atoms with E-state index in [1.165, 1.54) is 33.7 Å². The molecule has 0 saturated carbocycles. The van der Waals surface area contributed by atoms with E-state index < -0.39 is 29.6 Å². The maximum absolute atomic E-state index is 15.9. The Hall–Kier alpha value is -3.56. The van der Waals surface area contributed by atoms with Crippen molar-refractivity contribution in [2.75, 3.05) is 26.2 Å². The van der Waals surface area contributed by atoms with Crippen LogP contribution in [0.3, 0.4) is 0 Å². The largest absolute Gasteiger partial charge is 0.335 e. The number of hydrogen-bond acceptors (Lipinski definition) is 5. The van der Waals surface area contributed by atoms with Crippen molar-refractivity contribution in [2.24, 2.45) is 5.41 Å². The molecule has 2 aromatic carbocycles. The first-order valence-corrected chi connectivity index (χ1v) is 16.1. The highest BCUT2D eigenvalue weighted by atomic mass is 35.5. The molecular formula is C35H40ClFN4O4. The fraction of sp³-hybridized carbons (Fsp3) is 0.486. The molecule has 0 radical (unpaired) electrons. The number of imide groups is 1. The monoisotopic (exact) mass is 634 g/mol. The van der Waals surface area contributed by atoms with Crippen LogP contribution in [-0.4, -0.2) is 76.1 Å². The van der Waals surface area contributed by atoms with E-state index in [0.717, 1.165) is 30.8 Å². The zero-order valence-corrected chi connectivity index (χ0v) is 27.1. The van der Waals surface area contributed by atoms with Gasteiger partial charge in [0.15, 0.2) is 0 Å². The lowest BCUT2D eigenvalue weighted by Crippen LogP contribution is -2.60. The van der Waals surface area contributed by atoms with Crippen LogP contribution >= 0.6 is 11.6 Å². The quantitative estimate of drug-likeness (QED) is 0.443. The average molecular weight is 635 g/mol. The molecule has 8 nitrogen and oxygen atoms in total. The van der Waals surface area contributed by atoms with Gasteiger partial charge in [-0.05, 0) is 80.3 Å². The number of piperidine rings is 1. The molecule has 2 aromatic rings. The number of rotatable bonds is 5. The minimum atomic E-state index is -0.847. The predicted octanol–water partition coefficient (Wildman–Crippen LogP) is 5.44. The summed E-state index contributed by atoms with van der Waals surface area (Å²) in [4.78, 5) is 56.2. The van der Waals surface area contributed by atoms with Crippen molar-refractivity contribution in [1.29, 1.82) is 0 Å². The van der Waals surface area contributed by atoms with Gasteiger partial charge in [0.05, 0.1) is 12.1 Å². The van der Waals surface area contributed by atoms with Gasteiger partial charge in [0.2, 0.25) is 11.8 Å². The number of amides is 4. The fourth-order valence-electron chi connectivity index (χ4n) is 7.29. The molecule has 1 aliphatic carbocycles. The number of hydrogen-bond donors (Lipinski definition) is 1. The number of benzene rings is 2. The molecule has 4 aliphatic rings. The van der Waals surface area contributed by atoms with Crippen LogP contribution < -0.4 is 5.32 Å². The van der Waals surface area contributed by atoms with Crippen LogP contribution in [0, 0.1) is 11.2 Å². The first-order chi connectivity index (χ1) is 21.2. The zero-order chi connectivity index (χ0) is 32.3. The summed E-state index contributed by atoms with van der Waals surface area (Å²) in [6, 6.07) is 10.1. The van der Waals surface area contributed by atoms with Crippen molar-refractivity contribution in [3.05, 3.63) is 75.1 Å². The van der Waals surface area contributed by atoms with Crippen LogP contribution in [0.1, 0.15) is 91.6 Å². The van der Waals surface area contributed by atoms with E-state index in [2.05, 4.69) is 50.0 Å². The third kappa shape index (κ3) is 6.04. The summed E-state index contributed by atoms with van der Waals surface area (Å²) in [5.74, 6) is -2.54. The Kier molecular flexibility index (Phi) is 8.14. The third-order valence-electron chi connectivity index (χ3n) is 10.0. The minimum Gasteiger partial charge on any atom is -0.335 e. The van der Waals surface area contributed by atoms with Crippen LogP contribution in [0.2, 0.25) is 5.02 Å². The average Bonchev–Trinajstić information content (AvgIpc) is 3.31. The zero-order valence-electron chi connectivity index (χ0n) is 26.3. The second kappa shape index (κ2) is 11.7. The Morgan fingerprint density at radius 1 is 1.02 bits per heavy atom. The van der Waals surface area contributed by atoms with E-state index in [0.29, 0.717) is 19.6 Å². The van der Waals surface area contributed by atoms with Crippen molar-refractivity contribution in [2.45, 2.75) is 77.9 Å². The number of allylic oxidation sites excluding steroid dienone is 1. The summed E-state index contributed by atoms with van der Waals surface area (Å²) in [7, 11) is 0. The van der Waals surface area contributed by atoms with Crippen LogP contribution in [0.4, 0.5) is 4.39 Å². The lowest BCUT2D eigenvalue weighted by Gasteiger charge is -2.48. The molecule has 2 saturated heterocycles. The minimum absolute atomic E-state index is 0.0711. The SMILES string of the molecule is CC1(C)CCC(CN2CCN(C(=O)c3ccc4c(c3F)CN(C3CCC(=O)NC3=O)C4=O)CC2(C)C)=C(c2ccc(Cl)cc2)C1. The van der Waals surface area contributed by atoms with Gasteiger partial charge in [0.1, 0.15) is 11.9 Å². The number of carbonyl (C=O) groups is 4. The van der Waals surface area contributed by atoms with Gasteiger partial charge in [-0.1, -0.05) is 43.2 Å². The molecule has 3 aliphatic heterocycles. The predicted molar refractivity (Wildman–Crippen MR) is 170 cm³/mol. The molecule has 10 heteroatoms. The molecule has 1 atom stereocenters. The van der Waals surface area contributed by atoms with Crippen molar-refractivity contribution in [3.63, 3.8) is 0 Å². The van der Waals surface area contributed by atoms with Crippen LogP contribution in [0.25, 0.3) is 5.57 Å². The van der Waals surface area contributed by atoms with Gasteiger partial charge in [0.25, 0.3) is 11.8 Å². The van der Waals surface area contributed by atoms with Crippen molar-refractivity contribution < 1.29 is 23.6 Å². The molecule has 45 heavy (non-hydrogen) atoms. The highest BCUT2D eigenvalue weighted by Gasteiger charge is 2.42. The molecule has 0 spiro atoms. The maximum Gasteiger partial charge on any atom is 0.256 e. The van der Waals surface area contributed by atoms with Crippen LogP contribution in [0.5, 0.6) is 0 Å². The lowest BCUT2D eigenvalue weighted by atomic mass is 9.72. The van der Waals surface area contributed by atoms with Gasteiger partial charge in [-0.2, -0.15) is 0 Å². The summed E-state index contributed by atoms with van der Waals surface area (Å²) in [6.07, 6.45) is 3.41. The van der Waals surface area contributed by atoms with E-state index in [1.54, 1.807) is 4.90 Å². The Morgan fingerprint density at radius 3 is 2.44 bits per heavy atom. The van der Waals surface area contributed by atoms with Gasteiger partial charge >= 0.3 is 0 Å². The van der Waals surface area contributed by atoms with E-state index in [9.17, 15) is 19.2 Å². The van der Waals surface area contributed by atoms with Crippen molar-refractivity contribution in [3.8, 4) is 0 Å². The second-order valence-electron chi connectivity index (χ2n) is 14.2. The molecule has 6 rings (SSSR count). The van der Waals surface area contributed by atoms with Gasteiger partial charge in [-0.3, -0.25) is 29.4 Å². The van der Waals surface area contributed by atoms with Crippen molar-refractivity contribution >= 4 is 40.8 Å². The first kappa shape index (κ1) is 31.4. The van der Waals surface area contributed by atoms with Crippen LogP contribution in [-0.2, 0) is 16.1 Å². The second-order valence-corrected chi connectivity index (χ2v) is 14.7. The smallest absolute Gasteiger partial charge is 0.256 e. The lowest BCUT2D eigenvalue weighted by molar-refractivity contribution is -0.136. The van der Waals surface area contributed by atoms with E-state index >= 15 is 4.39 Å². The number of nitrogens with one attached hydrogen (secondary N) is 1. The molecule has 238 valence electrons. The normalized spacial score (nSPS) is 23.3. The van der Waals surface area contributed by atoms with Gasteiger partial charge in [0, 0.05) is 54.3 Å². The molecule has 1 N–H and O–H groups in total. The molecule has 0 aromatic heterocycles. The Bertz CT molecular complexity index is 1620. The van der Waals surface area contributed by atoms with Crippen molar-refractivity contribution in [1.82, 2.24) is 20.0 Å². The third-order valence-corrected chi connectivity index (χ3v) is 10.3. The van der Waals surface area contributed by atoms with Gasteiger partial charge in [-0.25, -0.2) is 4.39 Å². The number of carbonyl (C=O) groups excluding carboxylic acids is 4. The molecule has 3 heterocycles. The summed E-state index contributed by atoms with van der Waals surface area (Å²) < 4.78 is 15.9. The highest BCUT2D eigenvalue weighted by Crippen LogP contribution is 2.44. The Labute approximate surface area is 268 Å². The van der Waals surface area contributed by atoms with Crippen LogP contribution in [0.15, 0.2) is 42.0 Å². The van der Waals surface area contributed by atoms with E-state index in [1.807, 2.05) is 12.1 Å². The Morgan fingerprint density at radius 2 is 1.76 bits per heavy atom.